The summed E-state index contributed by atoms with van der Waals surface area (Å²) in [6.07, 6.45) is 1.71. The Labute approximate surface area is 106 Å². The largest absolute Gasteiger partial charge is 0.361 e. The molecule has 0 aliphatic heterocycles. The maximum atomic E-state index is 4.99. The van der Waals surface area contributed by atoms with E-state index in [9.17, 15) is 0 Å². The lowest BCUT2D eigenvalue weighted by Gasteiger charge is -2.06. The van der Waals surface area contributed by atoms with Gasteiger partial charge in [-0.2, -0.15) is 5.10 Å². The van der Waals surface area contributed by atoms with Crippen LogP contribution in [0.3, 0.4) is 0 Å². The van der Waals surface area contributed by atoms with Gasteiger partial charge in [-0.1, -0.05) is 19.0 Å². The highest BCUT2D eigenvalue weighted by Crippen LogP contribution is 2.08. The summed E-state index contributed by atoms with van der Waals surface area (Å²) < 4.78 is 4.99. The molecule has 6 nitrogen and oxygen atoms in total. The topological polar surface area (TPSA) is 76.7 Å². The van der Waals surface area contributed by atoms with Crippen molar-refractivity contribution in [2.45, 2.75) is 40.2 Å². The number of nitrogens with one attached hydrogen (secondary N) is 1. The van der Waals surface area contributed by atoms with Gasteiger partial charge in [-0.05, 0) is 19.8 Å². The second kappa shape index (κ2) is 5.57. The molecule has 0 bridgehead atoms. The normalized spacial score (nSPS) is 10.6. The van der Waals surface area contributed by atoms with Crippen molar-refractivity contribution < 1.29 is 4.52 Å². The summed E-state index contributed by atoms with van der Waals surface area (Å²) in [6, 6.07) is 1.88. The van der Waals surface area contributed by atoms with Gasteiger partial charge in [0.25, 0.3) is 0 Å². The van der Waals surface area contributed by atoms with Crippen molar-refractivity contribution in [1.82, 2.24) is 20.3 Å². The molecule has 2 heterocycles. The Morgan fingerprint density at radius 2 is 1.94 bits per heavy atom. The highest BCUT2D eigenvalue weighted by atomic mass is 16.5. The molecule has 2 aromatic heterocycles. The van der Waals surface area contributed by atoms with E-state index in [0.717, 1.165) is 35.7 Å². The molecule has 0 saturated carbocycles. The summed E-state index contributed by atoms with van der Waals surface area (Å²) >= 11 is 0. The first-order valence-electron chi connectivity index (χ1n) is 6.11. The standard InChI is InChI=1S/C12H17N5O/c1-4-10-11(5-2)15-16-12(14-10)13-7-9-6-8(3)18-17-9/h6H,4-5,7H2,1-3H3,(H,13,14,16). The lowest BCUT2D eigenvalue weighted by Crippen LogP contribution is -2.09. The fourth-order valence-corrected chi connectivity index (χ4v) is 1.68. The van der Waals surface area contributed by atoms with Crippen molar-refractivity contribution in [3.8, 4) is 0 Å². The molecule has 0 aliphatic carbocycles. The Morgan fingerprint density at radius 1 is 1.17 bits per heavy atom. The molecule has 6 heteroatoms. The third kappa shape index (κ3) is 2.82. The van der Waals surface area contributed by atoms with Crippen molar-refractivity contribution in [2.75, 3.05) is 5.32 Å². The van der Waals surface area contributed by atoms with Gasteiger partial charge in [0.05, 0.1) is 17.9 Å². The zero-order valence-electron chi connectivity index (χ0n) is 10.9. The van der Waals surface area contributed by atoms with Gasteiger partial charge in [-0.25, -0.2) is 4.98 Å². The maximum Gasteiger partial charge on any atom is 0.243 e. The highest BCUT2D eigenvalue weighted by Gasteiger charge is 2.06. The number of nitrogens with zero attached hydrogens (tertiary/aromatic N) is 4. The maximum absolute atomic E-state index is 4.99. The lowest BCUT2D eigenvalue weighted by molar-refractivity contribution is 0.391. The minimum Gasteiger partial charge on any atom is -0.361 e. The van der Waals surface area contributed by atoms with Crippen molar-refractivity contribution >= 4 is 5.95 Å². The van der Waals surface area contributed by atoms with E-state index in [1.165, 1.54) is 0 Å². The van der Waals surface area contributed by atoms with Crippen LogP contribution in [0.5, 0.6) is 0 Å². The predicted octanol–water partition coefficient (Wildman–Crippen LogP) is 1.90. The lowest BCUT2D eigenvalue weighted by atomic mass is 10.2. The minimum absolute atomic E-state index is 0.532. The Balaban J connectivity index is 2.05. The van der Waals surface area contributed by atoms with E-state index in [4.69, 9.17) is 4.52 Å². The van der Waals surface area contributed by atoms with Gasteiger partial charge in [-0.15, -0.1) is 5.10 Å². The van der Waals surface area contributed by atoms with Crippen LogP contribution in [-0.2, 0) is 19.4 Å². The molecule has 0 amide bonds. The van der Waals surface area contributed by atoms with Gasteiger partial charge in [0.2, 0.25) is 5.95 Å². The van der Waals surface area contributed by atoms with Crippen LogP contribution in [0.25, 0.3) is 0 Å². The summed E-state index contributed by atoms with van der Waals surface area (Å²) in [5.41, 5.74) is 2.78. The quantitative estimate of drug-likeness (QED) is 0.869. The number of hydrogen-bond acceptors (Lipinski definition) is 6. The van der Waals surface area contributed by atoms with Crippen LogP contribution in [0.1, 0.15) is 36.7 Å². The number of aryl methyl sites for hydroxylation is 3. The van der Waals surface area contributed by atoms with Crippen LogP contribution in [0.15, 0.2) is 10.6 Å². The van der Waals surface area contributed by atoms with Gasteiger partial charge in [-0.3, -0.25) is 0 Å². The summed E-state index contributed by atoms with van der Waals surface area (Å²) in [5, 5.41) is 15.2. The summed E-state index contributed by atoms with van der Waals surface area (Å²) in [5.74, 6) is 1.33. The van der Waals surface area contributed by atoms with E-state index in [1.54, 1.807) is 0 Å². The monoisotopic (exact) mass is 247 g/mol. The predicted molar refractivity (Wildman–Crippen MR) is 67.1 cm³/mol. The molecular weight excluding hydrogens is 230 g/mol. The Hall–Kier alpha value is -1.98. The SMILES string of the molecule is CCc1nnc(NCc2cc(C)on2)nc1CC. The molecule has 18 heavy (non-hydrogen) atoms. The van der Waals surface area contributed by atoms with Crippen molar-refractivity contribution in [3.63, 3.8) is 0 Å². The number of hydrogen-bond donors (Lipinski definition) is 1. The molecule has 0 unspecified atom stereocenters. The third-order valence-corrected chi connectivity index (χ3v) is 2.61. The first-order chi connectivity index (χ1) is 8.72. The van der Waals surface area contributed by atoms with E-state index >= 15 is 0 Å². The van der Waals surface area contributed by atoms with Crippen LogP contribution in [-0.4, -0.2) is 20.3 Å². The van der Waals surface area contributed by atoms with Crippen LogP contribution in [0.4, 0.5) is 5.95 Å². The zero-order valence-corrected chi connectivity index (χ0v) is 10.9. The second-order valence-corrected chi connectivity index (χ2v) is 4.02. The Kier molecular flexibility index (Phi) is 3.86. The van der Waals surface area contributed by atoms with Gasteiger partial charge in [0.1, 0.15) is 11.5 Å². The molecule has 0 spiro atoms. The van der Waals surface area contributed by atoms with Crippen LogP contribution >= 0.6 is 0 Å². The molecule has 0 aromatic carbocycles. The molecule has 96 valence electrons. The number of anilines is 1. The van der Waals surface area contributed by atoms with Crippen LogP contribution < -0.4 is 5.32 Å². The molecule has 0 radical (unpaired) electrons. The van der Waals surface area contributed by atoms with E-state index in [-0.39, 0.29) is 0 Å². The second-order valence-electron chi connectivity index (χ2n) is 4.02. The molecular formula is C12H17N5O. The first kappa shape index (κ1) is 12.5. The zero-order chi connectivity index (χ0) is 13.0. The molecule has 2 rings (SSSR count). The Morgan fingerprint density at radius 3 is 2.56 bits per heavy atom. The molecule has 0 fully saturated rings. The fourth-order valence-electron chi connectivity index (χ4n) is 1.68. The van der Waals surface area contributed by atoms with Crippen LogP contribution in [0, 0.1) is 6.92 Å². The minimum atomic E-state index is 0.532. The van der Waals surface area contributed by atoms with Gasteiger partial charge < -0.3 is 9.84 Å². The first-order valence-corrected chi connectivity index (χ1v) is 6.11. The highest BCUT2D eigenvalue weighted by molar-refractivity contribution is 5.26. The van der Waals surface area contributed by atoms with Gasteiger partial charge >= 0.3 is 0 Å². The van der Waals surface area contributed by atoms with E-state index in [0.29, 0.717) is 12.5 Å². The van der Waals surface area contributed by atoms with Crippen LogP contribution in [0.2, 0.25) is 0 Å². The van der Waals surface area contributed by atoms with Crippen molar-refractivity contribution in [1.29, 1.82) is 0 Å². The van der Waals surface area contributed by atoms with Crippen molar-refractivity contribution in [3.05, 3.63) is 28.9 Å². The molecule has 0 atom stereocenters. The summed E-state index contributed by atoms with van der Waals surface area (Å²) in [4.78, 5) is 4.44. The smallest absolute Gasteiger partial charge is 0.243 e. The van der Waals surface area contributed by atoms with Gasteiger partial charge in [0.15, 0.2) is 0 Å². The average molecular weight is 247 g/mol. The molecule has 0 aliphatic rings. The number of aromatic nitrogens is 4. The fraction of sp³-hybridized carbons (Fsp3) is 0.500. The van der Waals surface area contributed by atoms with E-state index in [2.05, 4.69) is 39.5 Å². The average Bonchev–Trinajstić information content (AvgIpc) is 2.81. The van der Waals surface area contributed by atoms with E-state index in [1.807, 2.05) is 13.0 Å². The molecule has 2 aromatic rings. The van der Waals surface area contributed by atoms with Gasteiger partial charge in [0, 0.05) is 6.07 Å². The summed E-state index contributed by atoms with van der Waals surface area (Å²) in [7, 11) is 0. The number of rotatable bonds is 5. The van der Waals surface area contributed by atoms with E-state index < -0.39 is 0 Å². The molecule has 1 N–H and O–H groups in total. The molecule has 0 saturated heterocycles. The summed E-state index contributed by atoms with van der Waals surface area (Å²) in [6.45, 7) is 6.51. The van der Waals surface area contributed by atoms with Crippen molar-refractivity contribution in [2.24, 2.45) is 0 Å². The Bertz CT molecular complexity index is 523. The third-order valence-electron chi connectivity index (χ3n) is 2.61.